The van der Waals surface area contributed by atoms with Gasteiger partial charge in [-0.25, -0.2) is 0 Å². The number of anilines is 1. The fourth-order valence-electron chi connectivity index (χ4n) is 2.41. The Bertz CT molecular complexity index is 693. The number of carbonyl (C=O) groups excluding carboxylic acids is 1. The molecule has 3 nitrogen and oxygen atoms in total. The lowest BCUT2D eigenvalue weighted by atomic mass is 10.0. The highest BCUT2D eigenvalue weighted by atomic mass is 32.1. The van der Waals surface area contributed by atoms with Crippen molar-refractivity contribution in [3.8, 4) is 11.1 Å². The molecule has 1 fully saturated rings. The van der Waals surface area contributed by atoms with E-state index in [4.69, 9.17) is 18.0 Å². The smallest absolute Gasteiger partial charge is 0.237 e. The number of benzene rings is 2. The maximum atomic E-state index is 12.4. The van der Waals surface area contributed by atoms with Gasteiger partial charge >= 0.3 is 0 Å². The van der Waals surface area contributed by atoms with Crippen LogP contribution in [-0.4, -0.2) is 10.9 Å². The first-order valence-electron chi connectivity index (χ1n) is 6.89. The van der Waals surface area contributed by atoms with E-state index in [0.29, 0.717) is 0 Å². The quantitative estimate of drug-likeness (QED) is 0.851. The van der Waals surface area contributed by atoms with Gasteiger partial charge in [-0.05, 0) is 24.5 Å². The molecule has 106 valence electrons. The van der Waals surface area contributed by atoms with Crippen molar-refractivity contribution in [3.05, 3.63) is 54.6 Å². The van der Waals surface area contributed by atoms with Crippen LogP contribution in [0.3, 0.4) is 0 Å². The molecule has 2 aromatic rings. The number of nitrogens with one attached hydrogen (secondary N) is 1. The van der Waals surface area contributed by atoms with E-state index in [-0.39, 0.29) is 10.9 Å². The van der Waals surface area contributed by atoms with E-state index in [2.05, 4.69) is 5.32 Å². The highest BCUT2D eigenvalue weighted by Gasteiger charge is 2.52. The average Bonchev–Trinajstić information content (AvgIpc) is 3.30. The Morgan fingerprint density at radius 2 is 1.67 bits per heavy atom. The third-order valence-electron chi connectivity index (χ3n) is 3.92. The van der Waals surface area contributed by atoms with Crippen LogP contribution in [0.25, 0.3) is 11.1 Å². The summed E-state index contributed by atoms with van der Waals surface area (Å²) in [5, 5.41) is 2.99. The molecule has 0 atom stereocenters. The van der Waals surface area contributed by atoms with E-state index in [1.165, 1.54) is 0 Å². The molecule has 2 aromatic carbocycles. The lowest BCUT2D eigenvalue weighted by Gasteiger charge is -2.16. The molecule has 3 N–H and O–H groups in total. The van der Waals surface area contributed by atoms with Gasteiger partial charge < -0.3 is 11.1 Å². The maximum absolute atomic E-state index is 12.4. The zero-order chi connectivity index (χ0) is 14.9. The summed E-state index contributed by atoms with van der Waals surface area (Å²) < 4.78 is 0. The van der Waals surface area contributed by atoms with Crippen molar-refractivity contribution in [3.63, 3.8) is 0 Å². The van der Waals surface area contributed by atoms with Crippen LogP contribution in [0.5, 0.6) is 0 Å². The number of carbonyl (C=O) groups is 1. The largest absolute Gasteiger partial charge is 0.392 e. The lowest BCUT2D eigenvalue weighted by Crippen LogP contribution is -2.35. The van der Waals surface area contributed by atoms with E-state index in [1.807, 2.05) is 54.6 Å². The van der Waals surface area contributed by atoms with E-state index < -0.39 is 5.41 Å². The van der Waals surface area contributed by atoms with Gasteiger partial charge in [0.15, 0.2) is 0 Å². The summed E-state index contributed by atoms with van der Waals surface area (Å²) in [4.78, 5) is 12.7. The summed E-state index contributed by atoms with van der Waals surface area (Å²) in [6.07, 6.45) is 1.48. The minimum atomic E-state index is -0.640. The molecule has 0 saturated heterocycles. The molecule has 0 aromatic heterocycles. The monoisotopic (exact) mass is 296 g/mol. The second kappa shape index (κ2) is 5.30. The van der Waals surface area contributed by atoms with Crippen LogP contribution < -0.4 is 11.1 Å². The normalized spacial score (nSPS) is 15.2. The van der Waals surface area contributed by atoms with Gasteiger partial charge in [-0.1, -0.05) is 60.7 Å². The summed E-state index contributed by atoms with van der Waals surface area (Å²) in [5.41, 5.74) is 7.91. The lowest BCUT2D eigenvalue weighted by molar-refractivity contribution is -0.118. The number of thiocarbonyl (C=S) groups is 1. The maximum Gasteiger partial charge on any atom is 0.237 e. The highest BCUT2D eigenvalue weighted by molar-refractivity contribution is 7.80. The number of hydrogen-bond donors (Lipinski definition) is 2. The second-order valence-corrected chi connectivity index (χ2v) is 5.75. The minimum absolute atomic E-state index is 0.0987. The van der Waals surface area contributed by atoms with Crippen molar-refractivity contribution < 1.29 is 4.79 Å². The zero-order valence-corrected chi connectivity index (χ0v) is 12.3. The summed E-state index contributed by atoms with van der Waals surface area (Å²) in [6, 6.07) is 17.7. The van der Waals surface area contributed by atoms with Crippen LogP contribution in [0.4, 0.5) is 5.69 Å². The SMILES string of the molecule is NC(=S)C1(C(=O)Nc2ccccc2-c2ccccc2)CC1. The Hall–Kier alpha value is -2.20. The Labute approximate surface area is 129 Å². The number of hydrogen-bond acceptors (Lipinski definition) is 2. The average molecular weight is 296 g/mol. The van der Waals surface area contributed by atoms with Crippen LogP contribution in [-0.2, 0) is 4.79 Å². The van der Waals surface area contributed by atoms with Crippen LogP contribution >= 0.6 is 12.2 Å². The molecule has 0 spiro atoms. The van der Waals surface area contributed by atoms with Crippen molar-refractivity contribution in [2.75, 3.05) is 5.32 Å². The highest BCUT2D eigenvalue weighted by Crippen LogP contribution is 2.47. The molecular weight excluding hydrogens is 280 g/mol. The molecule has 1 saturated carbocycles. The van der Waals surface area contributed by atoms with Crippen LogP contribution in [0, 0.1) is 5.41 Å². The van der Waals surface area contributed by atoms with Crippen molar-refractivity contribution in [2.24, 2.45) is 11.1 Å². The van der Waals surface area contributed by atoms with Crippen LogP contribution in [0.2, 0.25) is 0 Å². The summed E-state index contributed by atoms with van der Waals surface area (Å²) >= 11 is 5.03. The van der Waals surface area contributed by atoms with Crippen LogP contribution in [0.15, 0.2) is 54.6 Å². The predicted octanol–water partition coefficient (Wildman–Crippen LogP) is 3.36. The van der Waals surface area contributed by atoms with Crippen LogP contribution in [0.1, 0.15) is 12.8 Å². The third kappa shape index (κ3) is 2.54. The Morgan fingerprint density at radius 3 is 2.29 bits per heavy atom. The van der Waals surface area contributed by atoms with Crippen molar-refractivity contribution in [2.45, 2.75) is 12.8 Å². The molecular formula is C17H16N2OS. The fraction of sp³-hybridized carbons (Fsp3) is 0.176. The first-order valence-corrected chi connectivity index (χ1v) is 7.30. The molecule has 3 rings (SSSR count). The molecule has 1 amide bonds. The van der Waals surface area contributed by atoms with Crippen molar-refractivity contribution >= 4 is 28.8 Å². The molecule has 1 aliphatic rings. The predicted molar refractivity (Wildman–Crippen MR) is 89.0 cm³/mol. The third-order valence-corrected chi connectivity index (χ3v) is 4.31. The van der Waals surface area contributed by atoms with Crippen molar-refractivity contribution in [1.82, 2.24) is 0 Å². The van der Waals surface area contributed by atoms with Gasteiger partial charge in [0.05, 0.1) is 10.4 Å². The Kier molecular flexibility index (Phi) is 3.47. The Morgan fingerprint density at radius 1 is 1.05 bits per heavy atom. The topological polar surface area (TPSA) is 55.1 Å². The van der Waals surface area contributed by atoms with E-state index in [0.717, 1.165) is 29.7 Å². The van der Waals surface area contributed by atoms with Gasteiger partial charge in [0.2, 0.25) is 5.91 Å². The molecule has 1 aliphatic carbocycles. The summed E-state index contributed by atoms with van der Waals surface area (Å²) in [6.45, 7) is 0. The first kappa shape index (κ1) is 13.8. The zero-order valence-electron chi connectivity index (χ0n) is 11.5. The van der Waals surface area contributed by atoms with Gasteiger partial charge in [-0.2, -0.15) is 0 Å². The van der Waals surface area contributed by atoms with Crippen molar-refractivity contribution in [1.29, 1.82) is 0 Å². The number of amides is 1. The molecule has 4 heteroatoms. The van der Waals surface area contributed by atoms with E-state index >= 15 is 0 Å². The summed E-state index contributed by atoms with van der Waals surface area (Å²) in [5.74, 6) is -0.0987. The summed E-state index contributed by atoms with van der Waals surface area (Å²) in [7, 11) is 0. The molecule has 0 heterocycles. The number of nitrogens with two attached hydrogens (primary N) is 1. The molecule has 21 heavy (non-hydrogen) atoms. The molecule has 0 bridgehead atoms. The van der Waals surface area contributed by atoms with Gasteiger partial charge in [0.25, 0.3) is 0 Å². The molecule has 0 aliphatic heterocycles. The van der Waals surface area contributed by atoms with Gasteiger partial charge in [-0.15, -0.1) is 0 Å². The van der Waals surface area contributed by atoms with E-state index in [9.17, 15) is 4.79 Å². The Balaban J connectivity index is 1.91. The van der Waals surface area contributed by atoms with Gasteiger partial charge in [0.1, 0.15) is 0 Å². The first-order chi connectivity index (χ1) is 10.1. The standard InChI is InChI=1S/C17H16N2OS/c18-15(21)17(10-11-17)16(20)19-14-9-5-4-8-13(14)12-6-2-1-3-7-12/h1-9H,10-11H2,(H2,18,21)(H,19,20). The molecule has 0 radical (unpaired) electrons. The number of rotatable bonds is 4. The van der Waals surface area contributed by atoms with E-state index in [1.54, 1.807) is 0 Å². The van der Waals surface area contributed by atoms with Gasteiger partial charge in [0, 0.05) is 11.3 Å². The number of para-hydroxylation sites is 1. The fourth-order valence-corrected chi connectivity index (χ4v) is 2.71. The van der Waals surface area contributed by atoms with Gasteiger partial charge in [-0.3, -0.25) is 4.79 Å². The minimum Gasteiger partial charge on any atom is -0.392 e. The second-order valence-electron chi connectivity index (χ2n) is 5.31. The molecule has 0 unspecified atom stereocenters.